The van der Waals surface area contributed by atoms with Gasteiger partial charge in [-0.1, -0.05) is 72.4 Å². The summed E-state index contributed by atoms with van der Waals surface area (Å²) in [6, 6.07) is 22.6. The van der Waals surface area contributed by atoms with Gasteiger partial charge in [0.05, 0.1) is 11.4 Å². The smallest absolute Gasteiger partial charge is 0.234 e. The van der Waals surface area contributed by atoms with E-state index < -0.39 is 0 Å². The third-order valence-electron chi connectivity index (χ3n) is 5.26. The van der Waals surface area contributed by atoms with Crippen molar-refractivity contribution in [3.63, 3.8) is 0 Å². The number of nitrogens with zero attached hydrogens (tertiary/aromatic N) is 3. The van der Waals surface area contributed by atoms with Gasteiger partial charge >= 0.3 is 0 Å². The van der Waals surface area contributed by atoms with Crippen molar-refractivity contribution >= 4 is 29.1 Å². The molecule has 0 aliphatic carbocycles. The lowest BCUT2D eigenvalue weighted by atomic mass is 10.0. The van der Waals surface area contributed by atoms with E-state index in [1.54, 1.807) is 12.1 Å². The van der Waals surface area contributed by atoms with Crippen molar-refractivity contribution in [3.05, 3.63) is 78.4 Å². The summed E-state index contributed by atoms with van der Waals surface area (Å²) in [4.78, 5) is 29.5. The number of aromatic nitrogens is 3. The van der Waals surface area contributed by atoms with E-state index >= 15 is 0 Å². The molecule has 0 bridgehead atoms. The number of anilines is 1. The summed E-state index contributed by atoms with van der Waals surface area (Å²) in [5, 5.41) is 11.8. The van der Waals surface area contributed by atoms with Crippen LogP contribution in [0.4, 0.5) is 5.69 Å². The van der Waals surface area contributed by atoms with E-state index in [1.165, 1.54) is 6.92 Å². The van der Waals surface area contributed by atoms with Gasteiger partial charge in [0, 0.05) is 22.8 Å². The summed E-state index contributed by atoms with van der Waals surface area (Å²) in [5.41, 5.74) is 3.88. The number of ether oxygens (including phenoxy) is 2. The molecule has 2 heterocycles. The molecule has 174 valence electrons. The van der Waals surface area contributed by atoms with Gasteiger partial charge in [0.25, 0.3) is 0 Å². The maximum Gasteiger partial charge on any atom is 0.234 e. The van der Waals surface area contributed by atoms with E-state index in [2.05, 4.69) is 15.5 Å². The molecule has 1 amide bonds. The summed E-state index contributed by atoms with van der Waals surface area (Å²) in [5.74, 6) is 0.492. The van der Waals surface area contributed by atoms with Crippen LogP contribution in [0.3, 0.4) is 0 Å². The third-order valence-corrected chi connectivity index (χ3v) is 6.10. The number of hydrogen-bond acceptors (Lipinski definition) is 8. The highest BCUT2D eigenvalue weighted by atomic mass is 32.2. The molecule has 4 aromatic rings. The van der Waals surface area contributed by atoms with Crippen LogP contribution in [0.2, 0.25) is 0 Å². The largest absolute Gasteiger partial charge is 0.454 e. The number of fused-ring (bicyclic) bond motifs is 1. The highest BCUT2D eigenvalue weighted by molar-refractivity contribution is 7.99. The topological polar surface area (TPSA) is 103 Å². The van der Waals surface area contributed by atoms with Gasteiger partial charge in [-0.2, -0.15) is 0 Å². The van der Waals surface area contributed by atoms with Gasteiger partial charge < -0.3 is 14.8 Å². The zero-order chi connectivity index (χ0) is 24.2. The van der Waals surface area contributed by atoms with Gasteiger partial charge in [-0.15, -0.1) is 10.2 Å². The molecule has 5 rings (SSSR count). The molecule has 1 aliphatic heterocycles. The highest BCUT2D eigenvalue weighted by Gasteiger charge is 2.21. The van der Waals surface area contributed by atoms with Crippen LogP contribution < -0.4 is 14.8 Å². The van der Waals surface area contributed by atoms with E-state index in [-0.39, 0.29) is 24.2 Å². The van der Waals surface area contributed by atoms with Crippen LogP contribution in [0.25, 0.3) is 22.5 Å². The van der Waals surface area contributed by atoms with Crippen LogP contribution in [0, 0.1) is 0 Å². The zero-order valence-corrected chi connectivity index (χ0v) is 19.5. The second-order valence-electron chi connectivity index (χ2n) is 7.67. The zero-order valence-electron chi connectivity index (χ0n) is 18.7. The second-order valence-corrected chi connectivity index (χ2v) is 8.61. The molecule has 3 aromatic carbocycles. The predicted molar refractivity (Wildman–Crippen MR) is 133 cm³/mol. The predicted octanol–water partition coefficient (Wildman–Crippen LogP) is 4.87. The lowest BCUT2D eigenvalue weighted by molar-refractivity contribution is -0.113. The number of carbonyl (C=O) groups is 2. The van der Waals surface area contributed by atoms with Crippen molar-refractivity contribution < 1.29 is 19.1 Å². The molecule has 0 saturated heterocycles. The fourth-order valence-electron chi connectivity index (χ4n) is 3.61. The summed E-state index contributed by atoms with van der Waals surface area (Å²) in [6.45, 7) is 1.51. The normalized spacial score (nSPS) is 11.8. The van der Waals surface area contributed by atoms with Gasteiger partial charge in [-0.05, 0) is 13.0 Å². The Labute approximate surface area is 205 Å². The standard InChI is InChI=1S/C26H20N4O4S/c1-16(31)19-12-21-22(34-15-33-21)13-20(19)27-23(32)14-35-26-28-24(17-8-4-2-5-9-17)25(29-30-26)18-10-6-3-7-11-18/h2-13H,14-15H2,1H3,(H,27,32). The Kier molecular flexibility index (Phi) is 6.40. The molecule has 0 unspecified atom stereocenters. The first-order chi connectivity index (χ1) is 17.1. The lowest BCUT2D eigenvalue weighted by Crippen LogP contribution is -2.16. The number of carbonyl (C=O) groups excluding carboxylic acids is 2. The molecule has 8 nitrogen and oxygen atoms in total. The fourth-order valence-corrected chi connectivity index (χ4v) is 4.20. The minimum atomic E-state index is -0.312. The molecule has 9 heteroatoms. The SMILES string of the molecule is CC(=O)c1cc2c(cc1NC(=O)CSc1nnc(-c3ccccc3)c(-c3ccccc3)n1)OCO2. The van der Waals surface area contributed by atoms with E-state index in [1.807, 2.05) is 60.7 Å². The average molecular weight is 485 g/mol. The summed E-state index contributed by atoms with van der Waals surface area (Å²) >= 11 is 1.16. The number of thioether (sulfide) groups is 1. The fraction of sp³-hybridized carbons (Fsp3) is 0.115. The van der Waals surface area contributed by atoms with Crippen LogP contribution in [0.15, 0.2) is 78.0 Å². The van der Waals surface area contributed by atoms with Crippen LogP contribution >= 0.6 is 11.8 Å². The van der Waals surface area contributed by atoms with Crippen LogP contribution in [-0.4, -0.2) is 39.4 Å². The number of nitrogens with one attached hydrogen (secondary N) is 1. The number of benzene rings is 3. The van der Waals surface area contributed by atoms with Crippen LogP contribution in [0.1, 0.15) is 17.3 Å². The molecule has 0 atom stereocenters. The van der Waals surface area contributed by atoms with Gasteiger partial charge in [-0.3, -0.25) is 9.59 Å². The lowest BCUT2D eigenvalue weighted by Gasteiger charge is -2.11. The number of hydrogen-bond donors (Lipinski definition) is 1. The van der Waals surface area contributed by atoms with Crippen LogP contribution in [-0.2, 0) is 4.79 Å². The number of amides is 1. The molecular formula is C26H20N4O4S. The average Bonchev–Trinajstić information content (AvgIpc) is 3.35. The molecule has 0 spiro atoms. The molecule has 0 saturated carbocycles. The monoisotopic (exact) mass is 484 g/mol. The van der Waals surface area contributed by atoms with Crippen LogP contribution in [0.5, 0.6) is 11.5 Å². The minimum Gasteiger partial charge on any atom is -0.454 e. The van der Waals surface area contributed by atoms with Crippen molar-refractivity contribution in [2.75, 3.05) is 17.9 Å². The molecule has 0 radical (unpaired) electrons. The van der Waals surface area contributed by atoms with Crippen molar-refractivity contribution in [2.45, 2.75) is 12.1 Å². The summed E-state index contributed by atoms with van der Waals surface area (Å²) in [7, 11) is 0. The Balaban J connectivity index is 1.36. The number of rotatable bonds is 7. The first-order valence-corrected chi connectivity index (χ1v) is 11.8. The maximum absolute atomic E-state index is 12.7. The van der Waals surface area contributed by atoms with E-state index in [0.29, 0.717) is 39.3 Å². The third kappa shape index (κ3) is 4.99. The van der Waals surface area contributed by atoms with E-state index in [9.17, 15) is 9.59 Å². The summed E-state index contributed by atoms with van der Waals surface area (Å²) in [6.07, 6.45) is 0. The molecule has 1 aliphatic rings. The number of ketones is 1. The van der Waals surface area contributed by atoms with E-state index in [4.69, 9.17) is 14.5 Å². The Hall–Kier alpha value is -4.24. The molecule has 35 heavy (non-hydrogen) atoms. The Morgan fingerprint density at radius 2 is 1.51 bits per heavy atom. The Morgan fingerprint density at radius 1 is 0.886 bits per heavy atom. The maximum atomic E-state index is 12.7. The number of Topliss-reactive ketones (excluding diaryl/α,β-unsaturated/α-hetero) is 1. The quantitative estimate of drug-likeness (QED) is 0.293. The van der Waals surface area contributed by atoms with Gasteiger partial charge in [0.1, 0.15) is 11.4 Å². The first kappa shape index (κ1) is 22.5. The van der Waals surface area contributed by atoms with Crippen molar-refractivity contribution in [3.8, 4) is 34.0 Å². The second kappa shape index (κ2) is 9.94. The molecule has 1 N–H and O–H groups in total. The van der Waals surface area contributed by atoms with Gasteiger partial charge in [0.2, 0.25) is 17.9 Å². The highest BCUT2D eigenvalue weighted by Crippen LogP contribution is 2.37. The van der Waals surface area contributed by atoms with Crippen molar-refractivity contribution in [1.29, 1.82) is 0 Å². The van der Waals surface area contributed by atoms with Gasteiger partial charge in [0.15, 0.2) is 17.3 Å². The summed E-state index contributed by atoms with van der Waals surface area (Å²) < 4.78 is 10.7. The Bertz CT molecular complexity index is 1400. The van der Waals surface area contributed by atoms with Crippen molar-refractivity contribution in [2.24, 2.45) is 0 Å². The van der Waals surface area contributed by atoms with Gasteiger partial charge in [-0.25, -0.2) is 4.98 Å². The molecule has 0 fully saturated rings. The minimum absolute atomic E-state index is 0.0341. The first-order valence-electron chi connectivity index (χ1n) is 10.8. The Morgan fingerprint density at radius 3 is 2.17 bits per heavy atom. The molecular weight excluding hydrogens is 464 g/mol. The van der Waals surface area contributed by atoms with Crippen molar-refractivity contribution in [1.82, 2.24) is 15.2 Å². The van der Waals surface area contributed by atoms with E-state index in [0.717, 1.165) is 22.9 Å². The molecule has 1 aromatic heterocycles.